The summed E-state index contributed by atoms with van der Waals surface area (Å²) in [6.45, 7) is 8.03. The normalized spacial score (nSPS) is 23.6. The number of hydrogen-bond donors (Lipinski definition) is 1. The second-order valence-corrected chi connectivity index (χ2v) is 6.11. The van der Waals surface area contributed by atoms with E-state index < -0.39 is 0 Å². The van der Waals surface area contributed by atoms with Gasteiger partial charge in [0.1, 0.15) is 0 Å². The average Bonchev–Trinajstić information content (AvgIpc) is 3.10. The molecule has 0 aliphatic heterocycles. The predicted molar refractivity (Wildman–Crippen MR) is 82.2 cm³/mol. The van der Waals surface area contributed by atoms with Crippen LogP contribution in [-0.4, -0.2) is 31.6 Å². The van der Waals surface area contributed by atoms with Crippen LogP contribution >= 0.6 is 0 Å². The first kappa shape index (κ1) is 14.5. The summed E-state index contributed by atoms with van der Waals surface area (Å²) >= 11 is 0. The maximum atomic E-state index is 3.68. The Hall–Kier alpha value is -0.860. The Balaban J connectivity index is 1.89. The molecule has 2 heteroatoms. The molecule has 1 aliphatic rings. The van der Waals surface area contributed by atoms with E-state index in [2.05, 4.69) is 61.4 Å². The molecule has 2 nitrogen and oxygen atoms in total. The van der Waals surface area contributed by atoms with Crippen molar-refractivity contribution in [1.29, 1.82) is 0 Å². The van der Waals surface area contributed by atoms with Gasteiger partial charge in [0.2, 0.25) is 0 Å². The van der Waals surface area contributed by atoms with Gasteiger partial charge >= 0.3 is 0 Å². The molecule has 1 aliphatic carbocycles. The van der Waals surface area contributed by atoms with Crippen molar-refractivity contribution >= 4 is 0 Å². The summed E-state index contributed by atoms with van der Waals surface area (Å²) in [4.78, 5) is 2.49. The lowest BCUT2D eigenvalue weighted by Crippen LogP contribution is -2.34. The molecule has 2 rings (SSSR count). The van der Waals surface area contributed by atoms with Crippen LogP contribution < -0.4 is 5.32 Å². The van der Waals surface area contributed by atoms with Crippen LogP contribution in [0.15, 0.2) is 30.3 Å². The molecule has 1 aromatic rings. The topological polar surface area (TPSA) is 15.3 Å². The number of rotatable bonds is 8. The van der Waals surface area contributed by atoms with Gasteiger partial charge in [0, 0.05) is 19.1 Å². The van der Waals surface area contributed by atoms with Gasteiger partial charge in [-0.25, -0.2) is 0 Å². The third-order valence-corrected chi connectivity index (χ3v) is 4.16. The SMILES string of the molecule is CCCNC(CN(C)CC1CC1C)c1ccccc1. The number of hydrogen-bond acceptors (Lipinski definition) is 2. The molecule has 3 unspecified atom stereocenters. The zero-order valence-corrected chi connectivity index (χ0v) is 12.6. The summed E-state index contributed by atoms with van der Waals surface area (Å²) in [6.07, 6.45) is 2.61. The number of nitrogens with one attached hydrogen (secondary N) is 1. The van der Waals surface area contributed by atoms with Crippen molar-refractivity contribution in [2.45, 2.75) is 32.7 Å². The van der Waals surface area contributed by atoms with Gasteiger partial charge in [-0.05, 0) is 43.8 Å². The lowest BCUT2D eigenvalue weighted by Gasteiger charge is -2.25. The standard InChI is InChI=1S/C17H28N2/c1-4-10-18-17(15-8-6-5-7-9-15)13-19(3)12-16-11-14(16)2/h5-9,14,16-18H,4,10-13H2,1-3H3. The van der Waals surface area contributed by atoms with Gasteiger partial charge in [-0.15, -0.1) is 0 Å². The quantitative estimate of drug-likeness (QED) is 0.771. The molecular weight excluding hydrogens is 232 g/mol. The maximum absolute atomic E-state index is 3.68. The van der Waals surface area contributed by atoms with Crippen molar-refractivity contribution in [3.8, 4) is 0 Å². The summed E-state index contributed by atoms with van der Waals surface area (Å²) < 4.78 is 0. The molecule has 0 bridgehead atoms. The minimum absolute atomic E-state index is 0.459. The molecule has 1 fully saturated rings. The first-order chi connectivity index (χ1) is 9.20. The second kappa shape index (κ2) is 7.06. The van der Waals surface area contributed by atoms with Crippen LogP contribution in [0.2, 0.25) is 0 Å². The zero-order chi connectivity index (χ0) is 13.7. The van der Waals surface area contributed by atoms with E-state index >= 15 is 0 Å². The molecule has 0 heterocycles. The van der Waals surface area contributed by atoms with Crippen LogP contribution in [0.5, 0.6) is 0 Å². The van der Waals surface area contributed by atoms with Gasteiger partial charge in [0.25, 0.3) is 0 Å². The molecule has 1 saturated carbocycles. The molecule has 19 heavy (non-hydrogen) atoms. The lowest BCUT2D eigenvalue weighted by molar-refractivity contribution is 0.276. The van der Waals surface area contributed by atoms with E-state index in [0.29, 0.717) is 6.04 Å². The summed E-state index contributed by atoms with van der Waals surface area (Å²) in [7, 11) is 2.26. The Labute approximate surface area is 118 Å². The minimum atomic E-state index is 0.459. The van der Waals surface area contributed by atoms with Crippen LogP contribution in [0, 0.1) is 11.8 Å². The van der Waals surface area contributed by atoms with Crippen LogP contribution in [0.3, 0.4) is 0 Å². The zero-order valence-electron chi connectivity index (χ0n) is 12.6. The monoisotopic (exact) mass is 260 g/mol. The second-order valence-electron chi connectivity index (χ2n) is 6.11. The van der Waals surface area contributed by atoms with E-state index in [1.165, 1.54) is 24.9 Å². The van der Waals surface area contributed by atoms with Gasteiger partial charge in [-0.1, -0.05) is 44.2 Å². The highest BCUT2D eigenvalue weighted by Crippen LogP contribution is 2.38. The summed E-state index contributed by atoms with van der Waals surface area (Å²) in [5.41, 5.74) is 1.41. The fourth-order valence-corrected chi connectivity index (χ4v) is 2.73. The van der Waals surface area contributed by atoms with E-state index in [9.17, 15) is 0 Å². The third kappa shape index (κ3) is 4.63. The molecule has 0 aromatic heterocycles. The highest BCUT2D eigenvalue weighted by molar-refractivity contribution is 5.19. The van der Waals surface area contributed by atoms with Gasteiger partial charge in [0.15, 0.2) is 0 Å². The molecule has 3 atom stereocenters. The maximum Gasteiger partial charge on any atom is 0.0449 e. The van der Waals surface area contributed by atoms with E-state index in [4.69, 9.17) is 0 Å². The largest absolute Gasteiger partial charge is 0.309 e. The van der Waals surface area contributed by atoms with Crippen LogP contribution in [-0.2, 0) is 0 Å². The Bertz CT molecular complexity index is 363. The minimum Gasteiger partial charge on any atom is -0.309 e. The molecule has 0 radical (unpaired) electrons. The first-order valence-corrected chi connectivity index (χ1v) is 7.67. The van der Waals surface area contributed by atoms with Gasteiger partial charge < -0.3 is 10.2 Å². The fourth-order valence-electron chi connectivity index (χ4n) is 2.73. The Morgan fingerprint density at radius 3 is 2.58 bits per heavy atom. The Kier molecular flexibility index (Phi) is 5.41. The Morgan fingerprint density at radius 2 is 2.00 bits per heavy atom. The summed E-state index contributed by atoms with van der Waals surface area (Å²) in [5.74, 6) is 1.88. The van der Waals surface area contributed by atoms with Crippen molar-refractivity contribution in [1.82, 2.24) is 10.2 Å². The smallest absolute Gasteiger partial charge is 0.0449 e. The van der Waals surface area contributed by atoms with Gasteiger partial charge in [0.05, 0.1) is 0 Å². The van der Waals surface area contributed by atoms with Crippen molar-refractivity contribution in [3.63, 3.8) is 0 Å². The highest BCUT2D eigenvalue weighted by Gasteiger charge is 2.33. The van der Waals surface area contributed by atoms with Crippen molar-refractivity contribution in [3.05, 3.63) is 35.9 Å². The predicted octanol–water partition coefficient (Wildman–Crippen LogP) is 3.32. The van der Waals surface area contributed by atoms with Crippen molar-refractivity contribution in [2.75, 3.05) is 26.7 Å². The lowest BCUT2D eigenvalue weighted by atomic mass is 10.1. The van der Waals surface area contributed by atoms with Crippen molar-refractivity contribution in [2.24, 2.45) is 11.8 Å². The number of nitrogens with zero attached hydrogens (tertiary/aromatic N) is 1. The molecule has 0 spiro atoms. The van der Waals surface area contributed by atoms with Crippen LogP contribution in [0.1, 0.15) is 38.3 Å². The molecular formula is C17H28N2. The highest BCUT2D eigenvalue weighted by atomic mass is 15.1. The van der Waals surface area contributed by atoms with Crippen molar-refractivity contribution < 1.29 is 0 Å². The molecule has 1 aromatic carbocycles. The van der Waals surface area contributed by atoms with Crippen LogP contribution in [0.4, 0.5) is 0 Å². The van der Waals surface area contributed by atoms with E-state index in [0.717, 1.165) is 24.9 Å². The Morgan fingerprint density at radius 1 is 1.32 bits per heavy atom. The third-order valence-electron chi connectivity index (χ3n) is 4.16. The average molecular weight is 260 g/mol. The molecule has 0 amide bonds. The fraction of sp³-hybridized carbons (Fsp3) is 0.647. The van der Waals surface area contributed by atoms with Crippen LogP contribution in [0.25, 0.3) is 0 Å². The van der Waals surface area contributed by atoms with Gasteiger partial charge in [-0.2, -0.15) is 0 Å². The number of likely N-dealkylation sites (N-methyl/N-ethyl adjacent to an activating group) is 1. The van der Waals surface area contributed by atoms with Gasteiger partial charge in [-0.3, -0.25) is 0 Å². The number of benzene rings is 1. The molecule has 0 saturated heterocycles. The van der Waals surface area contributed by atoms with E-state index in [-0.39, 0.29) is 0 Å². The first-order valence-electron chi connectivity index (χ1n) is 7.67. The summed E-state index contributed by atoms with van der Waals surface area (Å²) in [6, 6.07) is 11.3. The molecule has 1 N–H and O–H groups in total. The summed E-state index contributed by atoms with van der Waals surface area (Å²) in [5, 5.41) is 3.68. The van der Waals surface area contributed by atoms with E-state index in [1.54, 1.807) is 0 Å². The molecule has 106 valence electrons. The van der Waals surface area contributed by atoms with E-state index in [1.807, 2.05) is 0 Å².